The first kappa shape index (κ1) is 20.1. The Morgan fingerprint density at radius 2 is 1.79 bits per heavy atom. The van der Waals surface area contributed by atoms with Crippen LogP contribution in [0.5, 0.6) is 11.5 Å². The minimum atomic E-state index is -0.903. The van der Waals surface area contributed by atoms with Crippen LogP contribution in [0, 0.1) is 25.5 Å². The molecule has 6 nitrogen and oxygen atoms in total. The number of primary amides is 1. The van der Waals surface area contributed by atoms with Crippen LogP contribution in [0.1, 0.15) is 21.5 Å². The molecule has 0 aliphatic rings. The van der Waals surface area contributed by atoms with E-state index >= 15 is 0 Å². The number of rotatable bonds is 5. The van der Waals surface area contributed by atoms with Gasteiger partial charge in [-0.2, -0.15) is 0 Å². The third-order valence-electron chi connectivity index (χ3n) is 4.40. The molecular formula is C21H19F2N3O3. The quantitative estimate of drug-likeness (QED) is 0.681. The summed E-state index contributed by atoms with van der Waals surface area (Å²) in [4.78, 5) is 24.6. The van der Waals surface area contributed by atoms with Crippen LogP contribution < -0.4 is 21.3 Å². The van der Waals surface area contributed by atoms with Gasteiger partial charge in [0.1, 0.15) is 34.5 Å². The number of carbonyl (C=O) groups is 1. The van der Waals surface area contributed by atoms with E-state index in [2.05, 4.69) is 5.32 Å². The van der Waals surface area contributed by atoms with Crippen molar-refractivity contribution >= 4 is 17.4 Å². The Morgan fingerprint density at radius 1 is 1.07 bits per heavy atom. The molecule has 3 rings (SSSR count). The molecule has 0 saturated carbocycles. The zero-order valence-corrected chi connectivity index (χ0v) is 16.0. The van der Waals surface area contributed by atoms with Crippen LogP contribution in [0.2, 0.25) is 0 Å². The number of hydrogen-bond donors (Lipinski definition) is 2. The molecule has 0 radical (unpaired) electrons. The SMILES string of the molecule is Cc1ccc(Nc2c(C(N)=O)c(Oc3cc(F)ccc3C)cc(=O)n2C)c(F)c1. The number of aromatic nitrogens is 1. The van der Waals surface area contributed by atoms with Crippen LogP contribution in [0.3, 0.4) is 0 Å². The summed E-state index contributed by atoms with van der Waals surface area (Å²) in [5.74, 6) is -2.11. The maximum Gasteiger partial charge on any atom is 0.256 e. The third kappa shape index (κ3) is 4.11. The standard InChI is InChI=1S/C21H19F2N3O3/c1-11-4-7-15(14(23)8-11)25-21-19(20(24)28)17(10-18(27)26(21)3)29-16-9-13(22)6-5-12(16)2/h4-10,25H,1-3H3,(H2,24,28). The molecule has 3 N–H and O–H groups in total. The summed E-state index contributed by atoms with van der Waals surface area (Å²) in [7, 11) is 1.40. The first-order chi connectivity index (χ1) is 13.7. The van der Waals surface area contributed by atoms with Crippen molar-refractivity contribution in [2.45, 2.75) is 13.8 Å². The van der Waals surface area contributed by atoms with Gasteiger partial charge in [0.25, 0.3) is 11.5 Å². The van der Waals surface area contributed by atoms with Gasteiger partial charge in [-0.15, -0.1) is 0 Å². The van der Waals surface area contributed by atoms with Crippen LogP contribution in [0.15, 0.2) is 47.3 Å². The number of nitrogens with one attached hydrogen (secondary N) is 1. The molecule has 8 heteroatoms. The van der Waals surface area contributed by atoms with Gasteiger partial charge in [0, 0.05) is 19.2 Å². The van der Waals surface area contributed by atoms with Crippen LogP contribution in [0.25, 0.3) is 0 Å². The number of carbonyl (C=O) groups excluding carboxylic acids is 1. The first-order valence-corrected chi connectivity index (χ1v) is 8.68. The molecule has 0 fully saturated rings. The average Bonchev–Trinajstić information content (AvgIpc) is 2.64. The van der Waals surface area contributed by atoms with E-state index in [1.54, 1.807) is 19.9 Å². The zero-order valence-electron chi connectivity index (χ0n) is 16.0. The van der Waals surface area contributed by atoms with E-state index in [0.717, 1.165) is 16.7 Å². The minimum Gasteiger partial charge on any atom is -0.456 e. The molecule has 0 saturated heterocycles. The fourth-order valence-corrected chi connectivity index (χ4v) is 2.79. The lowest BCUT2D eigenvalue weighted by Crippen LogP contribution is -2.25. The molecule has 0 unspecified atom stereocenters. The van der Waals surface area contributed by atoms with E-state index in [-0.39, 0.29) is 28.6 Å². The predicted molar refractivity (Wildman–Crippen MR) is 106 cm³/mol. The van der Waals surface area contributed by atoms with Crippen LogP contribution >= 0.6 is 0 Å². The fourth-order valence-electron chi connectivity index (χ4n) is 2.79. The number of hydrogen-bond acceptors (Lipinski definition) is 4. The molecule has 150 valence electrons. The highest BCUT2D eigenvalue weighted by Crippen LogP contribution is 2.32. The number of aryl methyl sites for hydroxylation is 2. The van der Waals surface area contributed by atoms with E-state index in [1.807, 2.05) is 0 Å². The maximum atomic E-state index is 14.3. The van der Waals surface area contributed by atoms with Crippen molar-refractivity contribution in [3.05, 3.63) is 81.1 Å². The molecule has 3 aromatic rings. The molecule has 1 aromatic heterocycles. The molecule has 1 amide bonds. The summed E-state index contributed by atoms with van der Waals surface area (Å²) >= 11 is 0. The third-order valence-corrected chi connectivity index (χ3v) is 4.40. The molecule has 1 heterocycles. The highest BCUT2D eigenvalue weighted by molar-refractivity contribution is 6.01. The maximum absolute atomic E-state index is 14.3. The number of nitrogens with two attached hydrogens (primary N) is 1. The minimum absolute atomic E-state index is 0.0446. The number of benzene rings is 2. The van der Waals surface area contributed by atoms with Gasteiger partial charge in [-0.05, 0) is 43.2 Å². The van der Waals surface area contributed by atoms with Gasteiger partial charge in [-0.1, -0.05) is 12.1 Å². The number of anilines is 2. The largest absolute Gasteiger partial charge is 0.456 e. The lowest BCUT2D eigenvalue weighted by molar-refractivity contribution is 0.0998. The molecular weight excluding hydrogens is 380 g/mol. The molecule has 29 heavy (non-hydrogen) atoms. The summed E-state index contributed by atoms with van der Waals surface area (Å²) in [5, 5.41) is 2.74. The van der Waals surface area contributed by atoms with E-state index < -0.39 is 23.1 Å². The van der Waals surface area contributed by atoms with Gasteiger partial charge in [0.2, 0.25) is 0 Å². The molecule has 0 atom stereocenters. The molecule has 0 bridgehead atoms. The van der Waals surface area contributed by atoms with E-state index in [1.165, 1.54) is 31.3 Å². The normalized spacial score (nSPS) is 10.7. The lowest BCUT2D eigenvalue weighted by Gasteiger charge is -2.18. The summed E-state index contributed by atoms with van der Waals surface area (Å²) in [6, 6.07) is 9.41. The summed E-state index contributed by atoms with van der Waals surface area (Å²) in [6.07, 6.45) is 0. The van der Waals surface area contributed by atoms with Crippen molar-refractivity contribution in [2.75, 3.05) is 5.32 Å². The second-order valence-corrected chi connectivity index (χ2v) is 6.61. The molecule has 0 spiro atoms. The van der Waals surface area contributed by atoms with Crippen molar-refractivity contribution in [3.63, 3.8) is 0 Å². The number of amides is 1. The average molecular weight is 399 g/mol. The predicted octanol–water partition coefficient (Wildman–Crippen LogP) is 3.92. The van der Waals surface area contributed by atoms with Gasteiger partial charge in [-0.3, -0.25) is 14.2 Å². The number of ether oxygens (including phenoxy) is 1. The summed E-state index contributed by atoms with van der Waals surface area (Å²) in [6.45, 7) is 3.41. The molecule has 0 aliphatic carbocycles. The fraction of sp³-hybridized carbons (Fsp3) is 0.143. The molecule has 2 aromatic carbocycles. The van der Waals surface area contributed by atoms with Crippen molar-refractivity contribution in [1.82, 2.24) is 4.57 Å². The van der Waals surface area contributed by atoms with Gasteiger partial charge in [0.15, 0.2) is 0 Å². The second kappa shape index (κ2) is 7.75. The first-order valence-electron chi connectivity index (χ1n) is 8.68. The Bertz CT molecular complexity index is 1170. The summed E-state index contributed by atoms with van der Waals surface area (Å²) in [5.41, 5.74) is 6.16. The Balaban J connectivity index is 2.17. The Kier molecular flexibility index (Phi) is 5.36. The van der Waals surface area contributed by atoms with Gasteiger partial charge in [-0.25, -0.2) is 8.78 Å². The van der Waals surface area contributed by atoms with Crippen molar-refractivity contribution in [3.8, 4) is 11.5 Å². The van der Waals surface area contributed by atoms with Crippen LogP contribution in [-0.4, -0.2) is 10.5 Å². The topological polar surface area (TPSA) is 86.3 Å². The van der Waals surface area contributed by atoms with Crippen molar-refractivity contribution < 1.29 is 18.3 Å². The zero-order chi connectivity index (χ0) is 21.3. The van der Waals surface area contributed by atoms with Crippen LogP contribution in [-0.2, 0) is 7.05 Å². The van der Waals surface area contributed by atoms with Gasteiger partial charge in [0.05, 0.1) is 5.69 Å². The van der Waals surface area contributed by atoms with Crippen molar-refractivity contribution in [1.29, 1.82) is 0 Å². The summed E-state index contributed by atoms with van der Waals surface area (Å²) < 4.78 is 34.7. The van der Waals surface area contributed by atoms with E-state index in [4.69, 9.17) is 10.5 Å². The molecule has 0 aliphatic heterocycles. The van der Waals surface area contributed by atoms with Crippen molar-refractivity contribution in [2.24, 2.45) is 12.8 Å². The highest BCUT2D eigenvalue weighted by atomic mass is 19.1. The highest BCUT2D eigenvalue weighted by Gasteiger charge is 2.22. The van der Waals surface area contributed by atoms with Gasteiger partial charge < -0.3 is 15.8 Å². The second-order valence-electron chi connectivity index (χ2n) is 6.61. The number of nitrogens with zero attached hydrogens (tertiary/aromatic N) is 1. The lowest BCUT2D eigenvalue weighted by atomic mass is 10.1. The van der Waals surface area contributed by atoms with Crippen LogP contribution in [0.4, 0.5) is 20.3 Å². The number of pyridine rings is 1. The smallest absolute Gasteiger partial charge is 0.256 e. The van der Waals surface area contributed by atoms with E-state index in [9.17, 15) is 18.4 Å². The van der Waals surface area contributed by atoms with E-state index in [0.29, 0.717) is 11.1 Å². The Labute approximate surface area is 165 Å². The Hall–Kier alpha value is -3.68. The number of halogens is 2. The Morgan fingerprint density at radius 3 is 2.45 bits per heavy atom. The van der Waals surface area contributed by atoms with Gasteiger partial charge >= 0.3 is 0 Å². The monoisotopic (exact) mass is 399 g/mol.